The van der Waals surface area contributed by atoms with E-state index in [9.17, 15) is 4.79 Å². The van der Waals surface area contributed by atoms with Crippen LogP contribution in [0.15, 0.2) is 48.7 Å². The number of anilines is 4. The topological polar surface area (TPSA) is 89.0 Å². The first-order valence-electron chi connectivity index (χ1n) is 8.64. The fourth-order valence-corrected chi connectivity index (χ4v) is 2.59. The summed E-state index contributed by atoms with van der Waals surface area (Å²) in [5.74, 6) is 0.602. The molecule has 0 saturated carbocycles. The smallest absolute Gasteiger partial charge is 0.338 e. The molecular formula is C20H21N5O2. The van der Waals surface area contributed by atoms with Crippen molar-refractivity contribution < 1.29 is 9.53 Å². The van der Waals surface area contributed by atoms with Crippen LogP contribution in [-0.2, 0) is 4.74 Å². The van der Waals surface area contributed by atoms with Gasteiger partial charge in [0, 0.05) is 11.4 Å². The van der Waals surface area contributed by atoms with E-state index in [0.29, 0.717) is 23.9 Å². The lowest BCUT2D eigenvalue weighted by atomic mass is 10.1. The molecule has 0 atom stereocenters. The summed E-state index contributed by atoms with van der Waals surface area (Å²) in [6.45, 7) is 6.19. The maximum atomic E-state index is 11.7. The van der Waals surface area contributed by atoms with E-state index in [1.807, 2.05) is 32.0 Å². The molecule has 0 aliphatic rings. The van der Waals surface area contributed by atoms with Crippen LogP contribution >= 0.6 is 0 Å². The Hall–Kier alpha value is -3.48. The molecule has 3 aromatic rings. The van der Waals surface area contributed by atoms with Crippen LogP contribution in [0.5, 0.6) is 0 Å². The number of ether oxygens (including phenoxy) is 1. The second-order valence-corrected chi connectivity index (χ2v) is 5.98. The van der Waals surface area contributed by atoms with E-state index in [4.69, 9.17) is 4.74 Å². The summed E-state index contributed by atoms with van der Waals surface area (Å²) >= 11 is 0. The first-order valence-corrected chi connectivity index (χ1v) is 8.64. The lowest BCUT2D eigenvalue weighted by Crippen LogP contribution is -2.05. The van der Waals surface area contributed by atoms with Crippen molar-refractivity contribution in [2.75, 3.05) is 17.2 Å². The monoisotopic (exact) mass is 363 g/mol. The zero-order valence-corrected chi connectivity index (χ0v) is 15.5. The van der Waals surface area contributed by atoms with Crippen molar-refractivity contribution in [3.63, 3.8) is 0 Å². The van der Waals surface area contributed by atoms with E-state index < -0.39 is 0 Å². The SMILES string of the molecule is CCOC(=O)c1ccc(Nc2nncc(Nc3c(C)cccc3C)n2)cc1. The van der Waals surface area contributed by atoms with Crippen molar-refractivity contribution in [3.05, 3.63) is 65.4 Å². The largest absolute Gasteiger partial charge is 0.462 e. The number of carbonyl (C=O) groups excluding carboxylic acids is 1. The van der Waals surface area contributed by atoms with Crippen LogP contribution in [0.2, 0.25) is 0 Å². The van der Waals surface area contributed by atoms with Gasteiger partial charge in [-0.15, -0.1) is 5.10 Å². The number of carbonyl (C=O) groups is 1. The molecule has 0 saturated heterocycles. The van der Waals surface area contributed by atoms with Gasteiger partial charge in [-0.05, 0) is 56.2 Å². The first-order chi connectivity index (χ1) is 13.1. The Labute approximate surface area is 157 Å². The summed E-state index contributed by atoms with van der Waals surface area (Å²) in [5, 5.41) is 14.4. The van der Waals surface area contributed by atoms with E-state index in [0.717, 1.165) is 22.5 Å². The normalized spacial score (nSPS) is 10.3. The Balaban J connectivity index is 1.73. The third-order valence-corrected chi connectivity index (χ3v) is 3.95. The number of nitrogens with one attached hydrogen (secondary N) is 2. The van der Waals surface area contributed by atoms with Gasteiger partial charge < -0.3 is 15.4 Å². The Bertz CT molecular complexity index is 921. The highest BCUT2D eigenvalue weighted by atomic mass is 16.5. The standard InChI is InChI=1S/C20H21N5O2/c1-4-27-19(26)15-8-10-16(11-9-15)22-20-24-17(12-21-25-20)23-18-13(2)6-5-7-14(18)3/h5-12H,4H2,1-3H3,(H2,22,23,24,25). The molecule has 0 spiro atoms. The fraction of sp³-hybridized carbons (Fsp3) is 0.200. The van der Waals surface area contributed by atoms with Crippen LogP contribution in [-0.4, -0.2) is 27.8 Å². The molecule has 0 fully saturated rings. The molecule has 2 N–H and O–H groups in total. The molecule has 0 aliphatic heterocycles. The van der Waals surface area contributed by atoms with Gasteiger partial charge in [-0.2, -0.15) is 10.1 Å². The maximum Gasteiger partial charge on any atom is 0.338 e. The molecule has 27 heavy (non-hydrogen) atoms. The summed E-state index contributed by atoms with van der Waals surface area (Å²) in [4.78, 5) is 16.1. The van der Waals surface area contributed by atoms with Crippen molar-refractivity contribution in [2.24, 2.45) is 0 Å². The van der Waals surface area contributed by atoms with Gasteiger partial charge >= 0.3 is 5.97 Å². The summed E-state index contributed by atoms with van der Waals surface area (Å²) in [6, 6.07) is 13.0. The number of aryl methyl sites for hydroxylation is 2. The van der Waals surface area contributed by atoms with E-state index in [2.05, 4.69) is 25.8 Å². The Morgan fingerprint density at radius 3 is 2.41 bits per heavy atom. The molecule has 0 radical (unpaired) electrons. The minimum absolute atomic E-state index is 0.346. The molecule has 138 valence electrons. The molecule has 0 unspecified atom stereocenters. The molecule has 0 amide bonds. The van der Waals surface area contributed by atoms with Gasteiger partial charge in [0.2, 0.25) is 5.95 Å². The van der Waals surface area contributed by atoms with Crippen LogP contribution in [0.4, 0.5) is 23.1 Å². The van der Waals surface area contributed by atoms with E-state index >= 15 is 0 Å². The zero-order valence-electron chi connectivity index (χ0n) is 15.5. The molecule has 7 nitrogen and oxygen atoms in total. The Morgan fingerprint density at radius 2 is 1.74 bits per heavy atom. The second-order valence-electron chi connectivity index (χ2n) is 5.98. The first kappa shape index (κ1) is 18.3. The lowest BCUT2D eigenvalue weighted by molar-refractivity contribution is 0.0526. The molecule has 7 heteroatoms. The van der Waals surface area contributed by atoms with Crippen LogP contribution in [0.25, 0.3) is 0 Å². The van der Waals surface area contributed by atoms with Gasteiger partial charge in [0.05, 0.1) is 18.4 Å². The van der Waals surface area contributed by atoms with Crippen LogP contribution in [0, 0.1) is 13.8 Å². The number of esters is 1. The molecule has 1 heterocycles. The van der Waals surface area contributed by atoms with Crippen molar-refractivity contribution in [3.8, 4) is 0 Å². The van der Waals surface area contributed by atoms with Crippen LogP contribution in [0.3, 0.4) is 0 Å². The van der Waals surface area contributed by atoms with Crippen LogP contribution in [0.1, 0.15) is 28.4 Å². The van der Waals surface area contributed by atoms with Crippen LogP contribution < -0.4 is 10.6 Å². The van der Waals surface area contributed by atoms with Crippen molar-refractivity contribution >= 4 is 29.1 Å². The van der Waals surface area contributed by atoms with Crippen molar-refractivity contribution in [2.45, 2.75) is 20.8 Å². The third-order valence-electron chi connectivity index (χ3n) is 3.95. The number of hydrogen-bond donors (Lipinski definition) is 2. The molecule has 2 aromatic carbocycles. The predicted molar refractivity (Wildman–Crippen MR) is 105 cm³/mol. The van der Waals surface area contributed by atoms with Gasteiger partial charge in [0.1, 0.15) is 0 Å². The molecule has 1 aromatic heterocycles. The van der Waals surface area contributed by atoms with Crippen molar-refractivity contribution in [1.82, 2.24) is 15.2 Å². The number of hydrogen-bond acceptors (Lipinski definition) is 7. The summed E-state index contributed by atoms with van der Waals surface area (Å²) in [5.41, 5.74) is 4.49. The Morgan fingerprint density at radius 1 is 1.04 bits per heavy atom. The molecule has 0 aliphatic carbocycles. The maximum absolute atomic E-state index is 11.7. The number of rotatable bonds is 6. The second kappa shape index (κ2) is 8.27. The average Bonchev–Trinajstić information content (AvgIpc) is 2.66. The molecule has 0 bridgehead atoms. The number of aromatic nitrogens is 3. The number of nitrogens with zero attached hydrogens (tertiary/aromatic N) is 3. The van der Waals surface area contributed by atoms with E-state index in [-0.39, 0.29) is 5.97 Å². The zero-order chi connectivity index (χ0) is 19.2. The van der Waals surface area contributed by atoms with Gasteiger partial charge in [-0.1, -0.05) is 18.2 Å². The Kier molecular flexibility index (Phi) is 5.61. The quantitative estimate of drug-likeness (QED) is 0.636. The van der Waals surface area contributed by atoms with Gasteiger partial charge in [0.25, 0.3) is 0 Å². The minimum atomic E-state index is -0.346. The summed E-state index contributed by atoms with van der Waals surface area (Å²) in [6.07, 6.45) is 1.57. The van der Waals surface area contributed by atoms with Gasteiger partial charge in [0.15, 0.2) is 5.82 Å². The van der Waals surface area contributed by atoms with E-state index in [1.165, 1.54) is 0 Å². The molecular weight excluding hydrogens is 342 g/mol. The third kappa shape index (κ3) is 4.58. The summed E-state index contributed by atoms with van der Waals surface area (Å²) < 4.78 is 4.98. The van der Waals surface area contributed by atoms with Gasteiger partial charge in [-0.3, -0.25) is 0 Å². The highest BCUT2D eigenvalue weighted by Crippen LogP contribution is 2.23. The van der Waals surface area contributed by atoms with Crippen molar-refractivity contribution in [1.29, 1.82) is 0 Å². The predicted octanol–water partition coefficient (Wildman–Crippen LogP) is 4.15. The highest BCUT2D eigenvalue weighted by Gasteiger charge is 2.08. The summed E-state index contributed by atoms with van der Waals surface area (Å²) in [7, 11) is 0. The highest BCUT2D eigenvalue weighted by molar-refractivity contribution is 5.89. The molecule has 3 rings (SSSR count). The average molecular weight is 363 g/mol. The van der Waals surface area contributed by atoms with Gasteiger partial charge in [-0.25, -0.2) is 4.79 Å². The van der Waals surface area contributed by atoms with E-state index in [1.54, 1.807) is 37.4 Å². The minimum Gasteiger partial charge on any atom is -0.462 e. The number of benzene rings is 2. The fourth-order valence-electron chi connectivity index (χ4n) is 2.59. The lowest BCUT2D eigenvalue weighted by Gasteiger charge is -2.12. The number of para-hydroxylation sites is 1.